The predicted molar refractivity (Wildman–Crippen MR) is 99.5 cm³/mol. The van der Waals surface area contributed by atoms with Crippen LogP contribution in [0, 0.1) is 0 Å². The lowest BCUT2D eigenvalue weighted by Crippen LogP contribution is -2.38. The molecule has 0 bridgehead atoms. The summed E-state index contributed by atoms with van der Waals surface area (Å²) in [7, 11) is 3.99. The lowest BCUT2D eigenvalue weighted by molar-refractivity contribution is -0.124. The van der Waals surface area contributed by atoms with Crippen molar-refractivity contribution in [2.45, 2.75) is 19.5 Å². The van der Waals surface area contributed by atoms with Crippen molar-refractivity contribution >= 4 is 5.91 Å². The van der Waals surface area contributed by atoms with Gasteiger partial charge in [0.25, 0.3) is 5.91 Å². The van der Waals surface area contributed by atoms with E-state index in [-0.39, 0.29) is 25.2 Å². The van der Waals surface area contributed by atoms with Gasteiger partial charge in [-0.2, -0.15) is 0 Å². The Morgan fingerprint density at radius 1 is 1.16 bits per heavy atom. The van der Waals surface area contributed by atoms with Gasteiger partial charge in [0.1, 0.15) is 5.75 Å². The Balaban J connectivity index is 2.15. The molecule has 2 aromatic rings. The molecule has 134 valence electrons. The molecule has 2 N–H and O–H groups in total. The fraction of sp³-hybridized carbons (Fsp3) is 0.350. The van der Waals surface area contributed by atoms with Crippen LogP contribution in [0.25, 0.3) is 11.1 Å². The summed E-state index contributed by atoms with van der Waals surface area (Å²) < 4.78 is 5.72. The Morgan fingerprint density at radius 2 is 1.88 bits per heavy atom. The molecule has 1 unspecified atom stereocenters. The minimum absolute atomic E-state index is 0.0740. The minimum Gasteiger partial charge on any atom is -0.483 e. The van der Waals surface area contributed by atoms with E-state index in [1.165, 1.54) is 0 Å². The quantitative estimate of drug-likeness (QED) is 0.773. The summed E-state index contributed by atoms with van der Waals surface area (Å²) in [6, 6.07) is 15.9. The van der Waals surface area contributed by atoms with Crippen molar-refractivity contribution in [3.05, 3.63) is 54.1 Å². The number of hydrogen-bond acceptors (Lipinski definition) is 4. The maximum absolute atomic E-state index is 11.8. The highest BCUT2D eigenvalue weighted by Gasteiger charge is 2.11. The smallest absolute Gasteiger partial charge is 0.258 e. The topological polar surface area (TPSA) is 61.8 Å². The van der Waals surface area contributed by atoms with Crippen molar-refractivity contribution in [1.82, 2.24) is 10.2 Å². The van der Waals surface area contributed by atoms with Crippen LogP contribution in [0.2, 0.25) is 0 Å². The van der Waals surface area contributed by atoms with Crippen LogP contribution in [0.5, 0.6) is 5.75 Å². The van der Waals surface area contributed by atoms with E-state index in [0.717, 1.165) is 16.7 Å². The van der Waals surface area contributed by atoms with E-state index in [4.69, 9.17) is 9.84 Å². The van der Waals surface area contributed by atoms with E-state index in [2.05, 4.69) is 28.4 Å². The van der Waals surface area contributed by atoms with Crippen molar-refractivity contribution in [3.8, 4) is 16.9 Å². The van der Waals surface area contributed by atoms with Gasteiger partial charge in [0.2, 0.25) is 0 Å². The first-order chi connectivity index (χ1) is 12.0. The molecule has 0 aromatic heterocycles. The number of carbonyl (C=O) groups excluding carboxylic acids is 1. The van der Waals surface area contributed by atoms with E-state index in [1.807, 2.05) is 44.4 Å². The molecule has 5 nitrogen and oxygen atoms in total. The van der Waals surface area contributed by atoms with Crippen LogP contribution < -0.4 is 10.1 Å². The van der Waals surface area contributed by atoms with Crippen molar-refractivity contribution in [2.24, 2.45) is 0 Å². The Hall–Kier alpha value is -2.37. The fourth-order valence-electron chi connectivity index (χ4n) is 2.50. The molecule has 0 aliphatic carbocycles. The highest BCUT2D eigenvalue weighted by molar-refractivity contribution is 5.78. The van der Waals surface area contributed by atoms with E-state index < -0.39 is 0 Å². The number of aliphatic hydroxyl groups is 1. The van der Waals surface area contributed by atoms with Crippen LogP contribution in [0.1, 0.15) is 12.5 Å². The molecule has 1 amide bonds. The number of amides is 1. The lowest BCUT2D eigenvalue weighted by Gasteiger charge is -2.17. The first-order valence-electron chi connectivity index (χ1n) is 8.35. The summed E-state index contributed by atoms with van der Waals surface area (Å²) >= 11 is 0. The van der Waals surface area contributed by atoms with Crippen LogP contribution in [0.15, 0.2) is 48.5 Å². The van der Waals surface area contributed by atoms with Gasteiger partial charge in [0.05, 0.1) is 6.61 Å². The summed E-state index contributed by atoms with van der Waals surface area (Å²) in [6.07, 6.45) is 0. The molecular weight excluding hydrogens is 316 g/mol. The van der Waals surface area contributed by atoms with Crippen LogP contribution in [-0.4, -0.2) is 49.3 Å². The third-order valence-corrected chi connectivity index (χ3v) is 3.69. The molecule has 0 saturated carbocycles. The number of carbonyl (C=O) groups is 1. The average Bonchev–Trinajstić information content (AvgIpc) is 2.60. The molecule has 0 aliphatic heterocycles. The number of nitrogens with one attached hydrogen (secondary N) is 1. The van der Waals surface area contributed by atoms with E-state index >= 15 is 0 Å². The molecule has 25 heavy (non-hydrogen) atoms. The molecule has 0 heterocycles. The van der Waals surface area contributed by atoms with Crippen LogP contribution in [-0.2, 0) is 11.3 Å². The molecule has 0 spiro atoms. The molecule has 0 fully saturated rings. The van der Waals surface area contributed by atoms with Crippen molar-refractivity contribution in [1.29, 1.82) is 0 Å². The lowest BCUT2D eigenvalue weighted by atomic mass is 10.0. The number of aliphatic hydroxyl groups excluding tert-OH is 1. The van der Waals surface area contributed by atoms with E-state index in [0.29, 0.717) is 12.3 Å². The molecule has 2 aromatic carbocycles. The van der Waals surface area contributed by atoms with Gasteiger partial charge in [0, 0.05) is 18.2 Å². The van der Waals surface area contributed by atoms with Gasteiger partial charge in [-0.15, -0.1) is 0 Å². The average molecular weight is 342 g/mol. The number of nitrogens with zero attached hydrogens (tertiary/aromatic N) is 1. The first-order valence-corrected chi connectivity index (χ1v) is 8.35. The first kappa shape index (κ1) is 19.0. The summed E-state index contributed by atoms with van der Waals surface area (Å²) in [4.78, 5) is 13.9. The van der Waals surface area contributed by atoms with E-state index in [1.54, 1.807) is 6.92 Å². The molecule has 0 saturated heterocycles. The zero-order chi connectivity index (χ0) is 18.2. The normalized spacial score (nSPS) is 12.0. The van der Waals surface area contributed by atoms with Crippen molar-refractivity contribution in [3.63, 3.8) is 0 Å². The van der Waals surface area contributed by atoms with Crippen LogP contribution in [0.3, 0.4) is 0 Å². The Morgan fingerprint density at radius 3 is 2.52 bits per heavy atom. The van der Waals surface area contributed by atoms with Gasteiger partial charge in [-0.05, 0) is 44.3 Å². The highest BCUT2D eigenvalue weighted by atomic mass is 16.5. The van der Waals surface area contributed by atoms with Crippen LogP contribution >= 0.6 is 0 Å². The standard InChI is InChI=1S/C20H26N2O3/c1-15(13-23)21-20(24)14-25-19-10-9-17(11-18(19)12-22(2)3)16-7-5-4-6-8-16/h4-11,15,23H,12-14H2,1-3H3,(H,21,24). The van der Waals surface area contributed by atoms with Crippen molar-refractivity contribution < 1.29 is 14.6 Å². The molecule has 2 rings (SSSR count). The largest absolute Gasteiger partial charge is 0.483 e. The maximum Gasteiger partial charge on any atom is 0.258 e. The van der Waals surface area contributed by atoms with E-state index in [9.17, 15) is 4.79 Å². The van der Waals surface area contributed by atoms with Gasteiger partial charge < -0.3 is 20.1 Å². The summed E-state index contributed by atoms with van der Waals surface area (Å²) in [6.45, 7) is 2.29. The Labute approximate surface area is 149 Å². The zero-order valence-corrected chi connectivity index (χ0v) is 15.0. The third-order valence-electron chi connectivity index (χ3n) is 3.69. The number of ether oxygens (including phenoxy) is 1. The predicted octanol–water partition coefficient (Wildman–Crippen LogP) is 2.29. The van der Waals surface area contributed by atoms with Gasteiger partial charge in [-0.3, -0.25) is 4.79 Å². The Bertz CT molecular complexity index is 687. The number of benzene rings is 2. The summed E-state index contributed by atoms with van der Waals surface area (Å²) in [5.74, 6) is 0.449. The van der Waals surface area contributed by atoms with Gasteiger partial charge in [-0.1, -0.05) is 36.4 Å². The molecule has 5 heteroatoms. The molecular formula is C20H26N2O3. The monoisotopic (exact) mass is 342 g/mol. The van der Waals surface area contributed by atoms with Gasteiger partial charge in [0.15, 0.2) is 6.61 Å². The second kappa shape index (κ2) is 9.20. The summed E-state index contributed by atoms with van der Waals surface area (Å²) in [5.41, 5.74) is 3.28. The SMILES string of the molecule is CC(CO)NC(=O)COc1ccc(-c2ccccc2)cc1CN(C)C. The Kier molecular flexibility index (Phi) is 6.98. The zero-order valence-electron chi connectivity index (χ0n) is 15.0. The molecule has 0 aliphatic rings. The third kappa shape index (κ3) is 5.89. The highest BCUT2D eigenvalue weighted by Crippen LogP contribution is 2.27. The number of hydrogen-bond donors (Lipinski definition) is 2. The van der Waals surface area contributed by atoms with Crippen LogP contribution in [0.4, 0.5) is 0 Å². The summed E-state index contributed by atoms with van der Waals surface area (Å²) in [5, 5.41) is 11.7. The second-order valence-corrected chi connectivity index (χ2v) is 6.37. The fourth-order valence-corrected chi connectivity index (χ4v) is 2.50. The van der Waals surface area contributed by atoms with Gasteiger partial charge >= 0.3 is 0 Å². The minimum atomic E-state index is -0.280. The maximum atomic E-state index is 11.8. The number of rotatable bonds is 8. The molecule has 1 atom stereocenters. The molecule has 0 radical (unpaired) electrons. The van der Waals surface area contributed by atoms with Gasteiger partial charge in [-0.25, -0.2) is 0 Å². The van der Waals surface area contributed by atoms with Crippen molar-refractivity contribution in [2.75, 3.05) is 27.3 Å². The second-order valence-electron chi connectivity index (χ2n) is 6.37.